The molecule has 0 fully saturated rings. The Morgan fingerprint density at radius 2 is 2.06 bits per heavy atom. The number of nitrogens with one attached hydrogen (secondary N) is 1. The number of carbonyl (C=O) groups is 2. The molecule has 0 aliphatic carbocycles. The fourth-order valence-electron chi connectivity index (χ4n) is 1.37. The summed E-state index contributed by atoms with van der Waals surface area (Å²) in [5, 5.41) is 8.60. The molecule has 1 heterocycles. The van der Waals surface area contributed by atoms with Gasteiger partial charge in [0, 0.05) is 11.9 Å². The second-order valence-corrected chi connectivity index (χ2v) is 4.77. The van der Waals surface area contributed by atoms with E-state index < -0.39 is 17.5 Å². The number of aliphatic carboxylic acids is 1. The van der Waals surface area contributed by atoms with Crippen molar-refractivity contribution in [3.8, 4) is 0 Å². The number of hydrogen-bond donors (Lipinski definition) is 2. The van der Waals surface area contributed by atoms with Crippen molar-refractivity contribution in [2.75, 3.05) is 0 Å². The van der Waals surface area contributed by atoms with Crippen molar-refractivity contribution in [3.63, 3.8) is 0 Å². The normalized spacial score (nSPS) is 11.2. The molecule has 5 nitrogen and oxygen atoms in total. The van der Waals surface area contributed by atoms with Crippen molar-refractivity contribution in [1.29, 1.82) is 0 Å². The molecule has 0 saturated heterocycles. The summed E-state index contributed by atoms with van der Waals surface area (Å²) in [5.74, 6) is -1.33. The van der Waals surface area contributed by atoms with Gasteiger partial charge in [0.2, 0.25) is 0 Å². The lowest BCUT2D eigenvalue weighted by Gasteiger charge is -2.19. The smallest absolute Gasteiger partial charge is 0.340 e. The molecule has 0 aliphatic rings. The van der Waals surface area contributed by atoms with Crippen molar-refractivity contribution in [3.05, 3.63) is 23.5 Å². The number of rotatable bonds is 4. The predicted molar refractivity (Wildman–Crippen MR) is 61.9 cm³/mol. The Morgan fingerprint density at radius 3 is 2.59 bits per heavy atom. The van der Waals surface area contributed by atoms with Gasteiger partial charge in [0.05, 0.1) is 12.0 Å². The molecule has 0 spiro atoms. The van der Waals surface area contributed by atoms with Gasteiger partial charge in [0.1, 0.15) is 5.60 Å². The number of hydrogen-bond acceptors (Lipinski definition) is 3. The summed E-state index contributed by atoms with van der Waals surface area (Å²) in [6.07, 6.45) is 1.88. The maximum Gasteiger partial charge on any atom is 0.340 e. The maximum absolute atomic E-state index is 11.8. The van der Waals surface area contributed by atoms with Crippen LogP contribution in [0.5, 0.6) is 0 Å². The molecule has 0 aromatic carbocycles. The molecule has 0 amide bonds. The number of aromatic amines is 1. The summed E-state index contributed by atoms with van der Waals surface area (Å²) >= 11 is 0. The Kier molecular flexibility index (Phi) is 3.93. The molecule has 0 radical (unpaired) electrons. The van der Waals surface area contributed by atoms with E-state index in [0.29, 0.717) is 11.3 Å². The summed E-state index contributed by atoms with van der Waals surface area (Å²) in [4.78, 5) is 25.1. The van der Waals surface area contributed by atoms with E-state index in [9.17, 15) is 9.59 Å². The first kappa shape index (κ1) is 13.3. The minimum Gasteiger partial charge on any atom is -0.481 e. The van der Waals surface area contributed by atoms with Gasteiger partial charge in [-0.25, -0.2) is 4.79 Å². The van der Waals surface area contributed by atoms with Gasteiger partial charge in [-0.15, -0.1) is 0 Å². The first-order chi connectivity index (χ1) is 7.79. The zero-order valence-electron chi connectivity index (χ0n) is 10.2. The highest BCUT2D eigenvalue weighted by molar-refractivity contribution is 5.91. The topological polar surface area (TPSA) is 79.4 Å². The first-order valence-electron chi connectivity index (χ1n) is 5.41. The molecule has 0 unspecified atom stereocenters. The van der Waals surface area contributed by atoms with E-state index in [4.69, 9.17) is 9.84 Å². The van der Waals surface area contributed by atoms with Crippen LogP contribution in [0.1, 0.15) is 43.2 Å². The summed E-state index contributed by atoms with van der Waals surface area (Å²) in [6, 6.07) is 1.60. The van der Waals surface area contributed by atoms with Crippen LogP contribution in [0.25, 0.3) is 0 Å². The van der Waals surface area contributed by atoms with Crippen LogP contribution in [0, 0.1) is 0 Å². The van der Waals surface area contributed by atoms with Gasteiger partial charge in [-0.05, 0) is 33.3 Å². The van der Waals surface area contributed by atoms with Crippen LogP contribution in [0.3, 0.4) is 0 Å². The van der Waals surface area contributed by atoms with Gasteiger partial charge in [0.15, 0.2) is 0 Å². The van der Waals surface area contributed by atoms with Gasteiger partial charge in [-0.3, -0.25) is 4.79 Å². The zero-order valence-corrected chi connectivity index (χ0v) is 10.2. The largest absolute Gasteiger partial charge is 0.481 e. The highest BCUT2D eigenvalue weighted by Crippen LogP contribution is 2.15. The molecule has 0 saturated carbocycles. The van der Waals surface area contributed by atoms with E-state index in [0.717, 1.165) is 0 Å². The van der Waals surface area contributed by atoms with E-state index in [-0.39, 0.29) is 12.8 Å². The Labute approximate surface area is 99.8 Å². The van der Waals surface area contributed by atoms with Gasteiger partial charge in [-0.2, -0.15) is 0 Å². The van der Waals surface area contributed by atoms with Crippen molar-refractivity contribution < 1.29 is 19.4 Å². The van der Waals surface area contributed by atoms with Gasteiger partial charge in [0.25, 0.3) is 0 Å². The molecule has 1 rings (SSSR count). The molecule has 17 heavy (non-hydrogen) atoms. The Hall–Kier alpha value is -1.78. The average molecular weight is 239 g/mol. The van der Waals surface area contributed by atoms with Crippen molar-refractivity contribution in [1.82, 2.24) is 4.98 Å². The fraction of sp³-hybridized carbons (Fsp3) is 0.500. The van der Waals surface area contributed by atoms with E-state index >= 15 is 0 Å². The second kappa shape index (κ2) is 5.03. The van der Waals surface area contributed by atoms with Crippen LogP contribution in [-0.4, -0.2) is 27.6 Å². The highest BCUT2D eigenvalue weighted by atomic mass is 16.6. The fourth-order valence-corrected chi connectivity index (χ4v) is 1.37. The summed E-state index contributed by atoms with van der Waals surface area (Å²) in [5.41, 5.74) is 0.445. The summed E-state index contributed by atoms with van der Waals surface area (Å²) in [6.45, 7) is 5.36. The monoisotopic (exact) mass is 239 g/mol. The van der Waals surface area contributed by atoms with Crippen LogP contribution < -0.4 is 0 Å². The molecule has 1 aromatic rings. The highest BCUT2D eigenvalue weighted by Gasteiger charge is 2.21. The number of ether oxygens (including phenoxy) is 1. The lowest BCUT2D eigenvalue weighted by molar-refractivity contribution is -0.137. The third-order valence-electron chi connectivity index (χ3n) is 2.04. The molecular formula is C12H17NO4. The minimum absolute atomic E-state index is 0.0175. The van der Waals surface area contributed by atoms with E-state index in [1.807, 2.05) is 0 Å². The van der Waals surface area contributed by atoms with Crippen LogP contribution in [-0.2, 0) is 16.0 Å². The standard InChI is InChI=1S/C12H17NO4/c1-12(2,3)17-11(16)8-6-7-13-9(8)4-5-10(14)15/h6-7,13H,4-5H2,1-3H3,(H,14,15). The number of carboxylic acid groups (broad SMARTS) is 1. The van der Waals surface area contributed by atoms with Crippen molar-refractivity contribution in [2.24, 2.45) is 0 Å². The summed E-state index contributed by atoms with van der Waals surface area (Å²) in [7, 11) is 0. The Balaban J connectivity index is 2.74. The third-order valence-corrected chi connectivity index (χ3v) is 2.04. The molecule has 5 heteroatoms. The number of carboxylic acids is 1. The number of esters is 1. The number of aromatic nitrogens is 1. The molecule has 0 aliphatic heterocycles. The number of H-pyrrole nitrogens is 1. The predicted octanol–water partition coefficient (Wildman–Crippen LogP) is 1.99. The molecular weight excluding hydrogens is 222 g/mol. The first-order valence-corrected chi connectivity index (χ1v) is 5.41. The van der Waals surface area contributed by atoms with Crippen LogP contribution >= 0.6 is 0 Å². The Bertz CT molecular complexity index is 414. The lowest BCUT2D eigenvalue weighted by Crippen LogP contribution is -2.24. The lowest BCUT2D eigenvalue weighted by atomic mass is 10.1. The van der Waals surface area contributed by atoms with Gasteiger partial charge in [-0.1, -0.05) is 0 Å². The Morgan fingerprint density at radius 1 is 1.41 bits per heavy atom. The van der Waals surface area contributed by atoms with E-state index in [1.165, 1.54) is 0 Å². The molecule has 0 bridgehead atoms. The number of aryl methyl sites for hydroxylation is 1. The second-order valence-electron chi connectivity index (χ2n) is 4.77. The maximum atomic E-state index is 11.8. The molecule has 1 aromatic heterocycles. The van der Waals surface area contributed by atoms with Crippen LogP contribution in [0.15, 0.2) is 12.3 Å². The molecule has 2 N–H and O–H groups in total. The van der Waals surface area contributed by atoms with E-state index in [2.05, 4.69) is 4.98 Å². The van der Waals surface area contributed by atoms with Crippen molar-refractivity contribution in [2.45, 2.75) is 39.2 Å². The quantitative estimate of drug-likeness (QED) is 0.787. The van der Waals surface area contributed by atoms with Gasteiger partial charge < -0.3 is 14.8 Å². The van der Waals surface area contributed by atoms with Crippen LogP contribution in [0.4, 0.5) is 0 Å². The molecule has 94 valence electrons. The average Bonchev–Trinajstić information content (AvgIpc) is 2.59. The van der Waals surface area contributed by atoms with Crippen molar-refractivity contribution >= 4 is 11.9 Å². The zero-order chi connectivity index (χ0) is 13.1. The summed E-state index contributed by atoms with van der Waals surface area (Å²) < 4.78 is 5.22. The minimum atomic E-state index is -0.894. The SMILES string of the molecule is CC(C)(C)OC(=O)c1cc[nH]c1CCC(=O)O. The number of carbonyl (C=O) groups excluding carboxylic acids is 1. The van der Waals surface area contributed by atoms with Gasteiger partial charge >= 0.3 is 11.9 Å². The molecule has 0 atom stereocenters. The van der Waals surface area contributed by atoms with E-state index in [1.54, 1.807) is 33.0 Å². The third kappa shape index (κ3) is 4.30. The van der Waals surface area contributed by atoms with Crippen LogP contribution in [0.2, 0.25) is 0 Å².